The average molecular weight is 313 g/mol. The van der Waals surface area contributed by atoms with E-state index in [2.05, 4.69) is 4.74 Å². The van der Waals surface area contributed by atoms with Crippen LogP contribution in [0.2, 0.25) is 0 Å². The van der Waals surface area contributed by atoms with E-state index in [-0.39, 0.29) is 6.07 Å². The van der Waals surface area contributed by atoms with E-state index >= 15 is 0 Å². The van der Waals surface area contributed by atoms with Crippen molar-refractivity contribution < 1.29 is 35.9 Å². The molecule has 1 aromatic carbocycles. The van der Waals surface area contributed by atoms with Gasteiger partial charge in [-0.05, 0) is 18.2 Å². The molecule has 0 amide bonds. The molecular formula is C12H9F6NO2. The molecule has 0 fully saturated rings. The van der Waals surface area contributed by atoms with E-state index < -0.39 is 40.7 Å². The first-order valence-electron chi connectivity index (χ1n) is 5.30. The number of nitrogen functional groups attached to an aromatic ring is 1. The molecule has 0 saturated carbocycles. The summed E-state index contributed by atoms with van der Waals surface area (Å²) in [6, 6.07) is 0.305. The van der Waals surface area contributed by atoms with Gasteiger partial charge in [0.2, 0.25) is 0 Å². The van der Waals surface area contributed by atoms with Crippen LogP contribution in [0.25, 0.3) is 6.08 Å². The molecule has 0 aliphatic rings. The van der Waals surface area contributed by atoms with Gasteiger partial charge >= 0.3 is 18.3 Å². The van der Waals surface area contributed by atoms with Gasteiger partial charge in [0, 0.05) is 17.3 Å². The van der Waals surface area contributed by atoms with Crippen LogP contribution in [0.5, 0.6) is 0 Å². The molecule has 116 valence electrons. The van der Waals surface area contributed by atoms with Crippen LogP contribution in [0.3, 0.4) is 0 Å². The Hall–Kier alpha value is -2.19. The summed E-state index contributed by atoms with van der Waals surface area (Å²) >= 11 is 0. The van der Waals surface area contributed by atoms with Crippen LogP contribution >= 0.6 is 0 Å². The van der Waals surface area contributed by atoms with Gasteiger partial charge in [-0.15, -0.1) is 0 Å². The summed E-state index contributed by atoms with van der Waals surface area (Å²) in [5, 5.41) is 0. The fraction of sp³-hybridized carbons (Fsp3) is 0.250. The number of methoxy groups -OCH3 is 1. The van der Waals surface area contributed by atoms with Crippen molar-refractivity contribution in [3.05, 3.63) is 34.9 Å². The molecule has 1 aromatic rings. The Kier molecular flexibility index (Phi) is 4.55. The van der Waals surface area contributed by atoms with Crippen LogP contribution in [-0.4, -0.2) is 13.1 Å². The number of nitrogens with two attached hydrogens (primary N) is 1. The van der Waals surface area contributed by atoms with Crippen LogP contribution in [-0.2, 0) is 21.9 Å². The number of benzene rings is 1. The molecule has 0 spiro atoms. The fourth-order valence-electron chi connectivity index (χ4n) is 1.48. The zero-order valence-corrected chi connectivity index (χ0v) is 10.5. The van der Waals surface area contributed by atoms with E-state index in [1.165, 1.54) is 0 Å². The van der Waals surface area contributed by atoms with Crippen molar-refractivity contribution in [2.45, 2.75) is 12.4 Å². The maximum atomic E-state index is 12.8. The van der Waals surface area contributed by atoms with Crippen molar-refractivity contribution in [3.63, 3.8) is 0 Å². The highest BCUT2D eigenvalue weighted by Gasteiger charge is 2.38. The second-order valence-electron chi connectivity index (χ2n) is 3.88. The number of ether oxygens (including phenoxy) is 1. The first kappa shape index (κ1) is 16.9. The topological polar surface area (TPSA) is 52.3 Å². The predicted octanol–water partition coefficient (Wildman–Crippen LogP) is 3.49. The average Bonchev–Trinajstić information content (AvgIpc) is 2.33. The Morgan fingerprint density at radius 2 is 1.71 bits per heavy atom. The number of carbonyl (C=O) groups excluding carboxylic acids is 1. The molecule has 0 atom stereocenters. The summed E-state index contributed by atoms with van der Waals surface area (Å²) in [6.07, 6.45) is -8.75. The number of anilines is 1. The third kappa shape index (κ3) is 4.14. The standard InChI is InChI=1S/C12H9F6NO2/c1-21-10(20)3-2-7-8(12(16,17)18)4-6(5-9(7)19)11(13,14)15/h2-5H,19H2,1H3/b3-2+. The minimum Gasteiger partial charge on any atom is -0.466 e. The Morgan fingerprint density at radius 3 is 2.14 bits per heavy atom. The minimum atomic E-state index is -5.06. The van der Waals surface area contributed by atoms with Crippen molar-refractivity contribution in [2.75, 3.05) is 12.8 Å². The van der Waals surface area contributed by atoms with Crippen molar-refractivity contribution >= 4 is 17.7 Å². The van der Waals surface area contributed by atoms with E-state index in [0.29, 0.717) is 18.2 Å². The van der Waals surface area contributed by atoms with E-state index in [1.54, 1.807) is 0 Å². The summed E-state index contributed by atoms with van der Waals surface area (Å²) in [5.74, 6) is -0.970. The van der Waals surface area contributed by atoms with Crippen LogP contribution in [0.1, 0.15) is 16.7 Å². The van der Waals surface area contributed by atoms with E-state index in [1.807, 2.05) is 0 Å². The molecule has 0 aromatic heterocycles. The smallest absolute Gasteiger partial charge is 0.417 e. The highest BCUT2D eigenvalue weighted by molar-refractivity contribution is 5.88. The van der Waals surface area contributed by atoms with Crippen molar-refractivity contribution in [3.8, 4) is 0 Å². The molecule has 0 heterocycles. The van der Waals surface area contributed by atoms with Crippen LogP contribution in [0, 0.1) is 0 Å². The molecule has 21 heavy (non-hydrogen) atoms. The number of hydrogen-bond donors (Lipinski definition) is 1. The number of alkyl halides is 6. The lowest BCUT2D eigenvalue weighted by molar-refractivity contribution is -0.143. The first-order valence-corrected chi connectivity index (χ1v) is 5.30. The summed E-state index contributed by atoms with van der Waals surface area (Å²) in [6.45, 7) is 0. The molecule has 0 aliphatic carbocycles. The highest BCUT2D eigenvalue weighted by atomic mass is 19.4. The van der Waals surface area contributed by atoms with Crippen molar-refractivity contribution in [1.82, 2.24) is 0 Å². The molecular weight excluding hydrogens is 304 g/mol. The van der Waals surface area contributed by atoms with E-state index in [4.69, 9.17) is 5.73 Å². The first-order chi connectivity index (χ1) is 9.46. The molecule has 0 bridgehead atoms. The Balaban J connectivity index is 3.50. The maximum Gasteiger partial charge on any atom is 0.417 e. The number of rotatable bonds is 2. The molecule has 1 rings (SSSR count). The molecule has 3 nitrogen and oxygen atoms in total. The van der Waals surface area contributed by atoms with Crippen LogP contribution in [0.4, 0.5) is 32.0 Å². The number of esters is 1. The number of halogens is 6. The SMILES string of the molecule is COC(=O)/C=C/c1c(N)cc(C(F)(F)F)cc1C(F)(F)F. The zero-order valence-electron chi connectivity index (χ0n) is 10.5. The Morgan fingerprint density at radius 1 is 1.14 bits per heavy atom. The Labute approximate surface area is 115 Å². The summed E-state index contributed by atoms with van der Waals surface area (Å²) in [5.41, 5.74) is 0.639. The summed E-state index contributed by atoms with van der Waals surface area (Å²) < 4.78 is 80.2. The van der Waals surface area contributed by atoms with Gasteiger partial charge in [0.1, 0.15) is 0 Å². The third-order valence-electron chi connectivity index (χ3n) is 2.43. The van der Waals surface area contributed by atoms with Crippen LogP contribution in [0.15, 0.2) is 18.2 Å². The predicted molar refractivity (Wildman–Crippen MR) is 61.9 cm³/mol. The lowest BCUT2D eigenvalue weighted by Crippen LogP contribution is -2.14. The quantitative estimate of drug-likeness (QED) is 0.393. The lowest BCUT2D eigenvalue weighted by atomic mass is 10.00. The molecule has 0 radical (unpaired) electrons. The van der Waals surface area contributed by atoms with Gasteiger partial charge < -0.3 is 10.5 Å². The monoisotopic (exact) mass is 313 g/mol. The van der Waals surface area contributed by atoms with Crippen molar-refractivity contribution in [2.24, 2.45) is 0 Å². The number of hydrogen-bond acceptors (Lipinski definition) is 3. The number of carbonyl (C=O) groups is 1. The maximum absolute atomic E-state index is 12.8. The zero-order chi connectivity index (χ0) is 16.4. The summed E-state index contributed by atoms with van der Waals surface area (Å²) in [4.78, 5) is 10.9. The fourth-order valence-corrected chi connectivity index (χ4v) is 1.48. The van der Waals surface area contributed by atoms with E-state index in [0.717, 1.165) is 7.11 Å². The van der Waals surface area contributed by atoms with Gasteiger partial charge in [-0.1, -0.05) is 0 Å². The van der Waals surface area contributed by atoms with Gasteiger partial charge in [-0.2, -0.15) is 26.3 Å². The molecule has 9 heteroatoms. The highest BCUT2D eigenvalue weighted by Crippen LogP contribution is 2.40. The normalized spacial score (nSPS) is 12.7. The molecule has 0 aliphatic heterocycles. The molecule has 2 N–H and O–H groups in total. The molecule has 0 unspecified atom stereocenters. The van der Waals surface area contributed by atoms with Crippen molar-refractivity contribution in [1.29, 1.82) is 0 Å². The lowest BCUT2D eigenvalue weighted by Gasteiger charge is -2.16. The second-order valence-corrected chi connectivity index (χ2v) is 3.88. The van der Waals surface area contributed by atoms with Gasteiger partial charge in [-0.25, -0.2) is 4.79 Å². The van der Waals surface area contributed by atoms with Gasteiger partial charge in [0.05, 0.1) is 18.2 Å². The summed E-state index contributed by atoms with van der Waals surface area (Å²) in [7, 11) is 0.994. The van der Waals surface area contributed by atoms with Gasteiger partial charge in [0.15, 0.2) is 0 Å². The van der Waals surface area contributed by atoms with Gasteiger partial charge in [-0.3, -0.25) is 0 Å². The second kappa shape index (κ2) is 5.66. The molecule has 0 saturated heterocycles. The van der Waals surface area contributed by atoms with E-state index in [9.17, 15) is 31.1 Å². The van der Waals surface area contributed by atoms with Crippen LogP contribution < -0.4 is 5.73 Å². The minimum absolute atomic E-state index is 0.0622. The third-order valence-corrected chi connectivity index (χ3v) is 2.43. The Bertz CT molecular complexity index is 574. The largest absolute Gasteiger partial charge is 0.466 e. The van der Waals surface area contributed by atoms with Gasteiger partial charge in [0.25, 0.3) is 0 Å².